The van der Waals surface area contributed by atoms with Gasteiger partial charge >= 0.3 is 0 Å². The lowest BCUT2D eigenvalue weighted by atomic mass is 9.95. The second kappa shape index (κ2) is 3.72. The van der Waals surface area contributed by atoms with Crippen LogP contribution in [0, 0.1) is 0 Å². The highest BCUT2D eigenvalue weighted by Gasteiger charge is 2.17. The lowest BCUT2D eigenvalue weighted by molar-refractivity contribution is 0.520. The maximum Gasteiger partial charge on any atom is 0.274 e. The van der Waals surface area contributed by atoms with Crippen molar-refractivity contribution in [2.75, 3.05) is 5.73 Å². The average molecular weight is 206 g/mol. The molecule has 0 radical (unpaired) electrons. The summed E-state index contributed by atoms with van der Waals surface area (Å²) in [6, 6.07) is 2.07. The van der Waals surface area contributed by atoms with Gasteiger partial charge in [-0.3, -0.25) is 4.79 Å². The van der Waals surface area contributed by atoms with Crippen molar-refractivity contribution < 1.29 is 0 Å². The molecule has 1 aliphatic rings. The number of hydrogen-bond donors (Lipinski definition) is 1. The van der Waals surface area contributed by atoms with Gasteiger partial charge in [-0.1, -0.05) is 0 Å². The molecule has 0 amide bonds. The van der Waals surface area contributed by atoms with Gasteiger partial charge in [0.1, 0.15) is 0 Å². The molecule has 0 aromatic carbocycles. The molecule has 0 unspecified atom stereocenters. The van der Waals surface area contributed by atoms with E-state index in [0.717, 1.165) is 12.8 Å². The standard InChI is InChI=1S/C12H18N2O/c1-8(2)14-11-6-4-3-5-9(11)7-10(13)12(14)15/h7-8H,3-6,13H2,1-2H3. The van der Waals surface area contributed by atoms with Crippen LogP contribution in [0.25, 0.3) is 0 Å². The van der Waals surface area contributed by atoms with E-state index in [1.54, 1.807) is 0 Å². The van der Waals surface area contributed by atoms with Gasteiger partial charge in [-0.25, -0.2) is 0 Å². The molecule has 0 bridgehead atoms. The van der Waals surface area contributed by atoms with E-state index in [1.807, 2.05) is 24.5 Å². The number of anilines is 1. The molecule has 0 aliphatic heterocycles. The van der Waals surface area contributed by atoms with Crippen LogP contribution in [-0.4, -0.2) is 4.57 Å². The van der Waals surface area contributed by atoms with Crippen LogP contribution in [-0.2, 0) is 12.8 Å². The third kappa shape index (κ3) is 1.66. The van der Waals surface area contributed by atoms with Gasteiger partial charge in [0.2, 0.25) is 0 Å². The van der Waals surface area contributed by atoms with Crippen molar-refractivity contribution >= 4 is 5.69 Å². The zero-order valence-electron chi connectivity index (χ0n) is 9.42. The molecule has 3 heteroatoms. The van der Waals surface area contributed by atoms with Crippen molar-refractivity contribution in [2.24, 2.45) is 0 Å². The van der Waals surface area contributed by atoms with Gasteiger partial charge < -0.3 is 10.3 Å². The van der Waals surface area contributed by atoms with Crippen molar-refractivity contribution in [3.8, 4) is 0 Å². The first kappa shape index (κ1) is 10.3. The van der Waals surface area contributed by atoms with Crippen LogP contribution in [0.5, 0.6) is 0 Å². The molecule has 3 nitrogen and oxygen atoms in total. The van der Waals surface area contributed by atoms with Gasteiger partial charge in [0.15, 0.2) is 0 Å². The summed E-state index contributed by atoms with van der Waals surface area (Å²) < 4.78 is 1.86. The SMILES string of the molecule is CC(C)n1c2c(cc(N)c1=O)CCCC2. The van der Waals surface area contributed by atoms with Gasteiger partial charge in [-0.15, -0.1) is 0 Å². The minimum Gasteiger partial charge on any atom is -0.394 e. The number of hydrogen-bond acceptors (Lipinski definition) is 2. The monoisotopic (exact) mass is 206 g/mol. The molecule has 0 spiro atoms. The van der Waals surface area contributed by atoms with E-state index in [9.17, 15) is 4.79 Å². The molecule has 2 rings (SSSR count). The van der Waals surface area contributed by atoms with E-state index in [0.29, 0.717) is 5.69 Å². The number of aryl methyl sites for hydroxylation is 1. The Morgan fingerprint density at radius 1 is 1.33 bits per heavy atom. The highest BCUT2D eigenvalue weighted by Crippen LogP contribution is 2.23. The lowest BCUT2D eigenvalue weighted by Gasteiger charge is -2.23. The van der Waals surface area contributed by atoms with Crippen molar-refractivity contribution in [3.63, 3.8) is 0 Å². The lowest BCUT2D eigenvalue weighted by Crippen LogP contribution is -2.30. The number of rotatable bonds is 1. The van der Waals surface area contributed by atoms with Crippen molar-refractivity contribution in [1.29, 1.82) is 0 Å². The van der Waals surface area contributed by atoms with E-state index in [4.69, 9.17) is 5.73 Å². The van der Waals surface area contributed by atoms with Gasteiger partial charge in [0, 0.05) is 11.7 Å². The highest BCUT2D eigenvalue weighted by atomic mass is 16.1. The van der Waals surface area contributed by atoms with E-state index < -0.39 is 0 Å². The Labute approximate surface area is 89.9 Å². The molecule has 0 saturated heterocycles. The van der Waals surface area contributed by atoms with Crippen LogP contribution in [0.2, 0.25) is 0 Å². The minimum atomic E-state index is -0.0225. The van der Waals surface area contributed by atoms with Crippen LogP contribution in [0.4, 0.5) is 5.69 Å². The zero-order chi connectivity index (χ0) is 11.0. The maximum absolute atomic E-state index is 11.9. The molecule has 1 heterocycles. The number of nitrogens with two attached hydrogens (primary N) is 1. The summed E-state index contributed by atoms with van der Waals surface area (Å²) in [6.45, 7) is 4.07. The summed E-state index contributed by atoms with van der Waals surface area (Å²) in [4.78, 5) is 11.9. The Hall–Kier alpha value is -1.25. The van der Waals surface area contributed by atoms with Crippen LogP contribution in [0.1, 0.15) is 44.0 Å². The smallest absolute Gasteiger partial charge is 0.274 e. The number of fused-ring (bicyclic) bond motifs is 1. The molecule has 0 atom stereocenters. The first-order chi connectivity index (χ1) is 7.11. The molecule has 0 saturated carbocycles. The normalized spacial score (nSPS) is 15.4. The van der Waals surface area contributed by atoms with Crippen LogP contribution in [0.15, 0.2) is 10.9 Å². The van der Waals surface area contributed by atoms with Gasteiger partial charge in [0.25, 0.3) is 5.56 Å². The molecule has 2 N–H and O–H groups in total. The summed E-state index contributed by atoms with van der Waals surface area (Å²) in [5, 5.41) is 0. The van der Waals surface area contributed by atoms with E-state index >= 15 is 0 Å². The van der Waals surface area contributed by atoms with Crippen molar-refractivity contribution in [1.82, 2.24) is 4.57 Å². The van der Waals surface area contributed by atoms with Crippen LogP contribution >= 0.6 is 0 Å². The van der Waals surface area contributed by atoms with Gasteiger partial charge in [0.05, 0.1) is 5.69 Å². The Kier molecular flexibility index (Phi) is 2.55. The Balaban J connectivity index is 2.69. The second-order valence-corrected chi connectivity index (χ2v) is 4.55. The molecule has 82 valence electrons. The van der Waals surface area contributed by atoms with Crippen LogP contribution in [0.3, 0.4) is 0 Å². The first-order valence-electron chi connectivity index (χ1n) is 5.64. The number of pyridine rings is 1. The summed E-state index contributed by atoms with van der Waals surface area (Å²) >= 11 is 0. The van der Waals surface area contributed by atoms with E-state index in [-0.39, 0.29) is 11.6 Å². The minimum absolute atomic E-state index is 0.0225. The maximum atomic E-state index is 11.9. The van der Waals surface area contributed by atoms with Gasteiger partial charge in [-0.05, 0) is 51.2 Å². The van der Waals surface area contributed by atoms with Gasteiger partial charge in [-0.2, -0.15) is 0 Å². The molecular weight excluding hydrogens is 188 g/mol. The molecule has 1 aromatic rings. The highest BCUT2D eigenvalue weighted by molar-refractivity contribution is 5.42. The van der Waals surface area contributed by atoms with E-state index in [1.165, 1.54) is 24.1 Å². The van der Waals surface area contributed by atoms with E-state index in [2.05, 4.69) is 0 Å². The number of nitrogens with zero attached hydrogens (tertiary/aromatic N) is 1. The third-order valence-electron chi connectivity index (χ3n) is 3.08. The summed E-state index contributed by atoms with van der Waals surface area (Å²) in [5.41, 5.74) is 8.59. The third-order valence-corrected chi connectivity index (χ3v) is 3.08. The largest absolute Gasteiger partial charge is 0.394 e. The number of aromatic nitrogens is 1. The molecule has 15 heavy (non-hydrogen) atoms. The topological polar surface area (TPSA) is 48.0 Å². The molecule has 0 fully saturated rings. The van der Waals surface area contributed by atoms with Crippen molar-refractivity contribution in [3.05, 3.63) is 27.7 Å². The fourth-order valence-electron chi connectivity index (χ4n) is 2.40. The predicted molar refractivity (Wildman–Crippen MR) is 62.1 cm³/mol. The summed E-state index contributed by atoms with van der Waals surface area (Å²) in [6.07, 6.45) is 4.47. The summed E-state index contributed by atoms with van der Waals surface area (Å²) in [7, 11) is 0. The Morgan fingerprint density at radius 3 is 2.67 bits per heavy atom. The molecular formula is C12H18N2O. The van der Waals surface area contributed by atoms with Crippen LogP contribution < -0.4 is 11.3 Å². The molecule has 1 aromatic heterocycles. The summed E-state index contributed by atoms with van der Waals surface area (Å²) in [5.74, 6) is 0. The fraction of sp³-hybridized carbons (Fsp3) is 0.583. The Bertz CT molecular complexity index is 432. The number of nitrogen functional groups attached to an aromatic ring is 1. The average Bonchev–Trinajstić information content (AvgIpc) is 2.19. The quantitative estimate of drug-likeness (QED) is 0.762. The predicted octanol–water partition coefficient (Wildman–Crippen LogP) is 1.89. The first-order valence-corrected chi connectivity index (χ1v) is 5.64. The van der Waals surface area contributed by atoms with Crippen molar-refractivity contribution in [2.45, 2.75) is 45.6 Å². The molecule has 1 aliphatic carbocycles. The fourth-order valence-corrected chi connectivity index (χ4v) is 2.40. The second-order valence-electron chi connectivity index (χ2n) is 4.55. The zero-order valence-corrected chi connectivity index (χ0v) is 9.42. The Morgan fingerprint density at radius 2 is 2.00 bits per heavy atom.